The third-order valence-corrected chi connectivity index (χ3v) is 5.43. The Balaban J connectivity index is 1.31. The Morgan fingerprint density at radius 3 is 2.54 bits per heavy atom. The maximum Gasteiger partial charge on any atom is 0.151 e. The molecule has 0 amide bonds. The lowest BCUT2D eigenvalue weighted by Gasteiger charge is -2.35. The van der Waals surface area contributed by atoms with E-state index in [1.165, 1.54) is 24.0 Å². The molecular formula is C20H22N4. The van der Waals surface area contributed by atoms with Crippen LogP contribution in [0, 0.1) is 0 Å². The number of piperazine rings is 1. The van der Waals surface area contributed by atoms with E-state index in [2.05, 4.69) is 62.5 Å². The van der Waals surface area contributed by atoms with Crippen molar-refractivity contribution >= 4 is 11.9 Å². The van der Waals surface area contributed by atoms with Crippen LogP contribution in [0.25, 0.3) is 17.3 Å². The molecule has 0 radical (unpaired) electrons. The van der Waals surface area contributed by atoms with Crippen LogP contribution >= 0.6 is 0 Å². The van der Waals surface area contributed by atoms with E-state index in [9.17, 15) is 0 Å². The van der Waals surface area contributed by atoms with Crippen molar-refractivity contribution in [3.8, 4) is 11.3 Å². The molecule has 1 aromatic carbocycles. The Kier molecular flexibility index (Phi) is 3.37. The number of nitrogens with zero attached hydrogens (tertiary/aromatic N) is 4. The summed E-state index contributed by atoms with van der Waals surface area (Å²) in [6.07, 6.45) is 8.24. The molecule has 1 saturated heterocycles. The van der Waals surface area contributed by atoms with Crippen LogP contribution in [0.4, 0.5) is 5.82 Å². The Morgan fingerprint density at radius 2 is 1.79 bits per heavy atom. The van der Waals surface area contributed by atoms with Crippen LogP contribution in [0.2, 0.25) is 0 Å². The smallest absolute Gasteiger partial charge is 0.151 e. The molecule has 0 unspecified atom stereocenters. The summed E-state index contributed by atoms with van der Waals surface area (Å²) < 4.78 is 0. The minimum absolute atomic E-state index is 0.870. The van der Waals surface area contributed by atoms with Gasteiger partial charge >= 0.3 is 0 Å². The molecule has 0 bridgehead atoms. The summed E-state index contributed by atoms with van der Waals surface area (Å²) in [5.41, 5.74) is 4.82. The Bertz CT molecular complexity index is 769. The molecule has 5 rings (SSSR count). The molecule has 2 aromatic rings. The van der Waals surface area contributed by atoms with Crippen molar-refractivity contribution in [2.75, 3.05) is 31.1 Å². The topological polar surface area (TPSA) is 32.3 Å². The monoisotopic (exact) mass is 318 g/mol. The van der Waals surface area contributed by atoms with E-state index < -0.39 is 0 Å². The van der Waals surface area contributed by atoms with Crippen molar-refractivity contribution in [1.29, 1.82) is 0 Å². The fourth-order valence-electron chi connectivity index (χ4n) is 3.81. The Hall–Kier alpha value is -2.20. The highest BCUT2D eigenvalue weighted by molar-refractivity contribution is 5.69. The van der Waals surface area contributed by atoms with Crippen LogP contribution in [0.1, 0.15) is 24.0 Å². The second-order valence-electron chi connectivity index (χ2n) is 7.05. The number of rotatable bonds is 3. The van der Waals surface area contributed by atoms with E-state index in [0.717, 1.165) is 55.7 Å². The number of hydrogen-bond donors (Lipinski definition) is 0. The second-order valence-corrected chi connectivity index (χ2v) is 7.05. The van der Waals surface area contributed by atoms with Gasteiger partial charge in [-0.2, -0.15) is 0 Å². The van der Waals surface area contributed by atoms with Crippen molar-refractivity contribution in [2.24, 2.45) is 0 Å². The zero-order valence-electron chi connectivity index (χ0n) is 13.9. The molecule has 0 N–H and O–H groups in total. The van der Waals surface area contributed by atoms with Gasteiger partial charge in [0.2, 0.25) is 0 Å². The van der Waals surface area contributed by atoms with Gasteiger partial charge in [-0.1, -0.05) is 24.3 Å². The van der Waals surface area contributed by atoms with Gasteiger partial charge in [0, 0.05) is 37.8 Å². The number of allylic oxidation sites excluding steroid dienone is 1. The molecule has 1 saturated carbocycles. The normalized spacial score (nSPS) is 20.4. The average molecular weight is 318 g/mol. The molecule has 2 heterocycles. The molecule has 0 spiro atoms. The van der Waals surface area contributed by atoms with Gasteiger partial charge in [-0.15, -0.1) is 10.2 Å². The van der Waals surface area contributed by atoms with Gasteiger partial charge in [0.1, 0.15) is 0 Å². The molecule has 2 fully saturated rings. The predicted molar refractivity (Wildman–Crippen MR) is 97.0 cm³/mol. The quantitative estimate of drug-likeness (QED) is 0.871. The van der Waals surface area contributed by atoms with Crippen molar-refractivity contribution < 1.29 is 0 Å². The summed E-state index contributed by atoms with van der Waals surface area (Å²) in [6, 6.07) is 11.7. The molecule has 1 aromatic heterocycles. The molecule has 0 atom stereocenters. The molecule has 4 heteroatoms. The van der Waals surface area contributed by atoms with E-state index in [1.807, 2.05) is 0 Å². The van der Waals surface area contributed by atoms with Gasteiger partial charge in [-0.3, -0.25) is 4.90 Å². The summed E-state index contributed by atoms with van der Waals surface area (Å²) in [6.45, 7) is 4.44. The van der Waals surface area contributed by atoms with Crippen LogP contribution in [0.5, 0.6) is 0 Å². The maximum atomic E-state index is 4.50. The summed E-state index contributed by atoms with van der Waals surface area (Å²) >= 11 is 0. The third-order valence-electron chi connectivity index (χ3n) is 5.43. The first-order valence-electron chi connectivity index (χ1n) is 8.99. The highest BCUT2D eigenvalue weighted by atomic mass is 15.3. The summed E-state index contributed by atoms with van der Waals surface area (Å²) in [5, 5.41) is 8.98. The van der Waals surface area contributed by atoms with Crippen molar-refractivity contribution in [3.63, 3.8) is 0 Å². The van der Waals surface area contributed by atoms with Gasteiger partial charge in [0.15, 0.2) is 5.82 Å². The van der Waals surface area contributed by atoms with Gasteiger partial charge in [-0.05, 0) is 48.6 Å². The maximum absolute atomic E-state index is 4.50. The molecule has 3 aliphatic rings. The van der Waals surface area contributed by atoms with E-state index in [1.54, 1.807) is 0 Å². The van der Waals surface area contributed by atoms with Crippen LogP contribution in [0.3, 0.4) is 0 Å². The lowest BCUT2D eigenvalue weighted by Crippen LogP contribution is -2.47. The van der Waals surface area contributed by atoms with Crippen molar-refractivity contribution in [1.82, 2.24) is 15.1 Å². The van der Waals surface area contributed by atoms with Crippen LogP contribution in [-0.4, -0.2) is 47.3 Å². The fourth-order valence-corrected chi connectivity index (χ4v) is 3.81. The number of hydrogen-bond acceptors (Lipinski definition) is 4. The number of benzene rings is 1. The fraction of sp³-hybridized carbons (Fsp3) is 0.400. The van der Waals surface area contributed by atoms with E-state index in [0.29, 0.717) is 0 Å². The highest BCUT2D eigenvalue weighted by Gasteiger charge is 2.31. The zero-order chi connectivity index (χ0) is 15.9. The van der Waals surface area contributed by atoms with Gasteiger partial charge in [-0.25, -0.2) is 0 Å². The first-order valence-corrected chi connectivity index (χ1v) is 8.99. The average Bonchev–Trinajstić information content (AvgIpc) is 3.39. The molecular weight excluding hydrogens is 296 g/mol. The lowest BCUT2D eigenvalue weighted by atomic mass is 10.0. The van der Waals surface area contributed by atoms with E-state index >= 15 is 0 Å². The highest BCUT2D eigenvalue weighted by Crippen LogP contribution is 2.29. The number of fused-ring (bicyclic) bond motifs is 1. The van der Waals surface area contributed by atoms with Gasteiger partial charge < -0.3 is 4.90 Å². The second kappa shape index (κ2) is 5.71. The Morgan fingerprint density at radius 1 is 0.917 bits per heavy atom. The van der Waals surface area contributed by atoms with Crippen LogP contribution in [-0.2, 0) is 6.42 Å². The largest absolute Gasteiger partial charge is 0.353 e. The minimum atomic E-state index is 0.870. The molecule has 122 valence electrons. The van der Waals surface area contributed by atoms with E-state index in [4.69, 9.17) is 0 Å². The summed E-state index contributed by atoms with van der Waals surface area (Å²) in [4.78, 5) is 4.98. The Labute approximate surface area is 142 Å². The van der Waals surface area contributed by atoms with Crippen LogP contribution in [0.15, 0.2) is 36.4 Å². The minimum Gasteiger partial charge on any atom is -0.353 e. The van der Waals surface area contributed by atoms with E-state index in [-0.39, 0.29) is 0 Å². The number of aromatic nitrogens is 2. The van der Waals surface area contributed by atoms with Crippen LogP contribution < -0.4 is 4.90 Å². The molecule has 2 aliphatic carbocycles. The molecule has 4 nitrogen and oxygen atoms in total. The predicted octanol–water partition coefficient (Wildman–Crippen LogP) is 3.00. The van der Waals surface area contributed by atoms with Gasteiger partial charge in [0.25, 0.3) is 0 Å². The molecule has 1 aliphatic heterocycles. The first-order chi connectivity index (χ1) is 11.9. The van der Waals surface area contributed by atoms with Crippen molar-refractivity contribution in [2.45, 2.75) is 25.3 Å². The lowest BCUT2D eigenvalue weighted by molar-refractivity contribution is 0.247. The SMILES string of the molecule is C1=Cc2cc(-c3ccc(N4CCN(C5CC5)CC4)nn3)ccc2C1. The number of anilines is 1. The first kappa shape index (κ1) is 14.2. The molecule has 24 heavy (non-hydrogen) atoms. The third kappa shape index (κ3) is 2.61. The van der Waals surface area contributed by atoms with Gasteiger partial charge in [0.05, 0.1) is 5.69 Å². The summed E-state index contributed by atoms with van der Waals surface area (Å²) in [7, 11) is 0. The standard InChI is InChI=1S/C20H22N4/c1-2-15-4-5-17(14-16(15)3-1)19-8-9-20(22-21-19)24-12-10-23(11-13-24)18-6-7-18/h1,3-5,8-9,14,18H,2,6-7,10-13H2. The zero-order valence-corrected chi connectivity index (χ0v) is 13.9. The van der Waals surface area contributed by atoms with Crippen molar-refractivity contribution in [3.05, 3.63) is 47.5 Å². The summed E-state index contributed by atoms with van der Waals surface area (Å²) in [5.74, 6) is 1.01.